The van der Waals surface area contributed by atoms with E-state index in [1.807, 2.05) is 26.1 Å². The molecule has 1 unspecified atom stereocenters. The fourth-order valence-electron chi connectivity index (χ4n) is 1.52. The van der Waals surface area contributed by atoms with Crippen molar-refractivity contribution in [3.63, 3.8) is 0 Å². The molecule has 0 saturated heterocycles. The standard InChI is InChI=1S/C11H14N2OS/c1-8-13-11(7-15-8)10(12-2)6-9-4-3-5-14-9/h3-5,7,10,12H,6H2,1-2H3. The summed E-state index contributed by atoms with van der Waals surface area (Å²) in [7, 11) is 1.95. The fourth-order valence-corrected chi connectivity index (χ4v) is 2.19. The van der Waals surface area contributed by atoms with E-state index in [-0.39, 0.29) is 6.04 Å². The molecule has 0 amide bonds. The average Bonchev–Trinajstić information content (AvgIpc) is 2.85. The number of nitrogens with one attached hydrogen (secondary N) is 1. The molecular formula is C11H14N2OS. The van der Waals surface area contributed by atoms with Crippen LogP contribution >= 0.6 is 11.3 Å². The number of nitrogens with zero attached hydrogens (tertiary/aromatic N) is 1. The van der Waals surface area contributed by atoms with Gasteiger partial charge in [-0.25, -0.2) is 4.98 Å². The lowest BCUT2D eigenvalue weighted by atomic mass is 10.1. The lowest BCUT2D eigenvalue weighted by Crippen LogP contribution is -2.18. The number of thiazole rings is 1. The summed E-state index contributed by atoms with van der Waals surface area (Å²) in [4.78, 5) is 4.48. The molecule has 0 aliphatic rings. The molecule has 0 aliphatic heterocycles. The Labute approximate surface area is 93.2 Å². The third kappa shape index (κ3) is 2.46. The van der Waals surface area contributed by atoms with Crippen LogP contribution in [0.15, 0.2) is 28.2 Å². The van der Waals surface area contributed by atoms with E-state index in [0.717, 1.165) is 22.9 Å². The van der Waals surface area contributed by atoms with Gasteiger partial charge in [-0.05, 0) is 26.1 Å². The zero-order valence-corrected chi connectivity index (χ0v) is 9.67. The highest BCUT2D eigenvalue weighted by Crippen LogP contribution is 2.20. The quantitative estimate of drug-likeness (QED) is 0.864. The number of aryl methyl sites for hydroxylation is 1. The molecule has 0 saturated carbocycles. The first kappa shape index (κ1) is 10.4. The predicted molar refractivity (Wildman–Crippen MR) is 61.1 cm³/mol. The third-order valence-corrected chi connectivity index (χ3v) is 3.12. The van der Waals surface area contributed by atoms with E-state index in [1.54, 1.807) is 17.6 Å². The molecule has 80 valence electrons. The van der Waals surface area contributed by atoms with Crippen molar-refractivity contribution < 1.29 is 4.42 Å². The van der Waals surface area contributed by atoms with Gasteiger partial charge in [0, 0.05) is 11.8 Å². The van der Waals surface area contributed by atoms with Crippen molar-refractivity contribution in [1.82, 2.24) is 10.3 Å². The molecule has 3 nitrogen and oxygen atoms in total. The maximum atomic E-state index is 5.33. The van der Waals surface area contributed by atoms with Gasteiger partial charge in [-0.1, -0.05) is 0 Å². The minimum Gasteiger partial charge on any atom is -0.469 e. The predicted octanol–water partition coefficient (Wildman–Crippen LogP) is 2.55. The Kier molecular flexibility index (Phi) is 3.18. The Balaban J connectivity index is 2.11. The summed E-state index contributed by atoms with van der Waals surface area (Å²) >= 11 is 1.68. The second-order valence-corrected chi connectivity index (χ2v) is 4.48. The van der Waals surface area contributed by atoms with E-state index in [9.17, 15) is 0 Å². The van der Waals surface area contributed by atoms with Crippen LogP contribution in [0.4, 0.5) is 0 Å². The molecule has 2 aromatic rings. The highest BCUT2D eigenvalue weighted by atomic mass is 32.1. The van der Waals surface area contributed by atoms with Crippen molar-refractivity contribution >= 4 is 11.3 Å². The van der Waals surface area contributed by atoms with Gasteiger partial charge in [0.15, 0.2) is 0 Å². The van der Waals surface area contributed by atoms with Crippen molar-refractivity contribution in [2.24, 2.45) is 0 Å². The molecule has 0 bridgehead atoms. The Bertz CT molecular complexity index is 408. The van der Waals surface area contributed by atoms with Crippen LogP contribution in [0, 0.1) is 6.92 Å². The first-order valence-corrected chi connectivity index (χ1v) is 5.79. The zero-order chi connectivity index (χ0) is 10.7. The van der Waals surface area contributed by atoms with E-state index >= 15 is 0 Å². The largest absolute Gasteiger partial charge is 0.469 e. The lowest BCUT2D eigenvalue weighted by molar-refractivity contribution is 0.462. The maximum Gasteiger partial charge on any atom is 0.105 e. The van der Waals surface area contributed by atoms with Crippen LogP contribution in [-0.4, -0.2) is 12.0 Å². The zero-order valence-electron chi connectivity index (χ0n) is 8.86. The number of likely N-dealkylation sites (N-methyl/N-ethyl adjacent to an activating group) is 1. The van der Waals surface area contributed by atoms with Crippen molar-refractivity contribution in [3.05, 3.63) is 40.2 Å². The van der Waals surface area contributed by atoms with Crippen LogP contribution in [0.2, 0.25) is 0 Å². The summed E-state index contributed by atoms with van der Waals surface area (Å²) in [6.07, 6.45) is 2.54. The van der Waals surface area contributed by atoms with Crippen LogP contribution in [0.1, 0.15) is 22.5 Å². The third-order valence-electron chi connectivity index (χ3n) is 2.33. The molecule has 1 N–H and O–H groups in total. The first-order valence-electron chi connectivity index (χ1n) is 4.91. The maximum absolute atomic E-state index is 5.33. The highest BCUT2D eigenvalue weighted by Gasteiger charge is 2.14. The van der Waals surface area contributed by atoms with E-state index in [4.69, 9.17) is 4.42 Å². The molecule has 0 aromatic carbocycles. The Morgan fingerprint density at radius 3 is 3.00 bits per heavy atom. The minimum absolute atomic E-state index is 0.237. The van der Waals surface area contributed by atoms with E-state index in [1.165, 1.54) is 0 Å². The van der Waals surface area contributed by atoms with Crippen LogP contribution in [0.3, 0.4) is 0 Å². The molecular weight excluding hydrogens is 208 g/mol. The van der Waals surface area contributed by atoms with Crippen molar-refractivity contribution in [1.29, 1.82) is 0 Å². The Morgan fingerprint density at radius 2 is 2.47 bits per heavy atom. The number of hydrogen-bond donors (Lipinski definition) is 1. The van der Waals surface area contributed by atoms with Gasteiger partial charge in [0.05, 0.1) is 23.0 Å². The molecule has 0 spiro atoms. The average molecular weight is 222 g/mol. The smallest absolute Gasteiger partial charge is 0.105 e. The van der Waals surface area contributed by atoms with Crippen molar-refractivity contribution in [3.8, 4) is 0 Å². The number of hydrogen-bond acceptors (Lipinski definition) is 4. The van der Waals surface area contributed by atoms with Gasteiger partial charge in [-0.2, -0.15) is 0 Å². The van der Waals surface area contributed by atoms with Crippen LogP contribution in [0.5, 0.6) is 0 Å². The van der Waals surface area contributed by atoms with Gasteiger partial charge in [0.1, 0.15) is 5.76 Å². The minimum atomic E-state index is 0.237. The van der Waals surface area contributed by atoms with Gasteiger partial charge in [-0.3, -0.25) is 0 Å². The fraction of sp³-hybridized carbons (Fsp3) is 0.364. The van der Waals surface area contributed by atoms with Crippen LogP contribution in [-0.2, 0) is 6.42 Å². The second kappa shape index (κ2) is 4.59. The summed E-state index contributed by atoms with van der Waals surface area (Å²) < 4.78 is 5.33. The Morgan fingerprint density at radius 1 is 1.60 bits per heavy atom. The molecule has 2 rings (SSSR count). The number of rotatable bonds is 4. The molecule has 0 radical (unpaired) electrons. The SMILES string of the molecule is CNC(Cc1ccco1)c1csc(C)n1. The van der Waals surface area contributed by atoms with E-state index in [0.29, 0.717) is 0 Å². The monoisotopic (exact) mass is 222 g/mol. The number of furan rings is 1. The molecule has 0 fully saturated rings. The Hall–Kier alpha value is -1.13. The first-order chi connectivity index (χ1) is 7.29. The van der Waals surface area contributed by atoms with Crippen LogP contribution in [0.25, 0.3) is 0 Å². The van der Waals surface area contributed by atoms with Crippen molar-refractivity contribution in [2.75, 3.05) is 7.05 Å². The van der Waals surface area contributed by atoms with Gasteiger partial charge >= 0.3 is 0 Å². The summed E-state index contributed by atoms with van der Waals surface area (Å²) in [5.41, 5.74) is 1.09. The lowest BCUT2D eigenvalue weighted by Gasteiger charge is -2.11. The molecule has 2 aromatic heterocycles. The van der Waals surface area contributed by atoms with Gasteiger partial charge < -0.3 is 9.73 Å². The van der Waals surface area contributed by atoms with E-state index < -0.39 is 0 Å². The summed E-state index contributed by atoms with van der Waals surface area (Å²) in [6.45, 7) is 2.02. The molecule has 1 atom stereocenters. The van der Waals surface area contributed by atoms with Crippen LogP contribution < -0.4 is 5.32 Å². The molecule has 4 heteroatoms. The summed E-state index contributed by atoms with van der Waals surface area (Å²) in [6, 6.07) is 4.14. The second-order valence-electron chi connectivity index (χ2n) is 3.42. The highest BCUT2D eigenvalue weighted by molar-refractivity contribution is 7.09. The van der Waals surface area contributed by atoms with Crippen molar-refractivity contribution in [2.45, 2.75) is 19.4 Å². The van der Waals surface area contributed by atoms with Gasteiger partial charge in [0.2, 0.25) is 0 Å². The topological polar surface area (TPSA) is 38.1 Å². The molecule has 0 aliphatic carbocycles. The van der Waals surface area contributed by atoms with Gasteiger partial charge in [0.25, 0.3) is 0 Å². The molecule has 2 heterocycles. The number of aromatic nitrogens is 1. The summed E-state index contributed by atoms with van der Waals surface area (Å²) in [5.74, 6) is 0.986. The normalized spacial score (nSPS) is 12.9. The summed E-state index contributed by atoms with van der Waals surface area (Å²) in [5, 5.41) is 6.45. The molecule has 15 heavy (non-hydrogen) atoms. The van der Waals surface area contributed by atoms with E-state index in [2.05, 4.69) is 15.7 Å². The van der Waals surface area contributed by atoms with Gasteiger partial charge in [-0.15, -0.1) is 11.3 Å².